The molecule has 9 aromatic rings. The predicted octanol–water partition coefficient (Wildman–Crippen LogP) is 18.1. The first kappa shape index (κ1) is 49.2. The number of nitrogens with zero attached hydrogens (tertiary/aromatic N) is 4. The Kier molecular flexibility index (Phi) is 12.3. The maximum Gasteiger partial charge on any atom is 0.137 e. The van der Waals surface area contributed by atoms with E-state index in [9.17, 15) is 0 Å². The largest absolute Gasteiger partial charge is 0.457 e. The van der Waals surface area contributed by atoms with Crippen molar-refractivity contribution in [3.8, 4) is 28.4 Å². The van der Waals surface area contributed by atoms with Crippen LogP contribution in [0.1, 0.15) is 123 Å². The zero-order valence-electron chi connectivity index (χ0n) is 45.3. The molecule has 0 spiro atoms. The van der Waals surface area contributed by atoms with E-state index in [0.29, 0.717) is 6.67 Å². The fourth-order valence-corrected chi connectivity index (χ4v) is 10.7. The van der Waals surface area contributed by atoms with Crippen LogP contribution in [-0.2, 0) is 21.7 Å². The van der Waals surface area contributed by atoms with Crippen molar-refractivity contribution < 1.29 is 4.74 Å². The third-order valence-electron chi connectivity index (χ3n) is 15.3. The number of benzene rings is 7. The van der Waals surface area contributed by atoms with Crippen molar-refractivity contribution in [2.45, 2.75) is 112 Å². The van der Waals surface area contributed by atoms with Crippen LogP contribution in [-0.4, -0.2) is 16.2 Å². The molecule has 73 heavy (non-hydrogen) atoms. The highest BCUT2D eigenvalue weighted by Gasteiger charge is 2.34. The molecule has 0 fully saturated rings. The van der Waals surface area contributed by atoms with Gasteiger partial charge in [0, 0.05) is 68.6 Å². The molecule has 1 aliphatic heterocycles. The van der Waals surface area contributed by atoms with Crippen LogP contribution >= 0.6 is 0 Å². The first-order chi connectivity index (χ1) is 34.6. The van der Waals surface area contributed by atoms with Gasteiger partial charge in [0.1, 0.15) is 17.3 Å². The summed E-state index contributed by atoms with van der Waals surface area (Å²) in [6.45, 7) is 30.8. The van der Waals surface area contributed by atoms with Crippen molar-refractivity contribution in [2.75, 3.05) is 16.5 Å². The molecule has 0 atom stereocenters. The second-order valence-corrected chi connectivity index (χ2v) is 24.4. The van der Waals surface area contributed by atoms with Crippen LogP contribution in [0, 0.1) is 5.41 Å². The topological polar surface area (TPSA) is 33.5 Å². The SMILES string of the molecule is CC(C)(C)C1=CN(c2cc(Oc3cc(C(C)(C)c4ccccc4)c4c5ccccc5n(-c5cc(C(C)(C)c6ccccc6)ccn5)c4c3)cc(-c3ccccc3)c2)CN1c1cc(C(C)(C)C)cc(C(C)(C)C)c1. The van der Waals surface area contributed by atoms with Crippen LogP contribution in [0.2, 0.25) is 0 Å². The molecule has 0 radical (unpaired) electrons. The second-order valence-electron chi connectivity index (χ2n) is 24.4. The Bertz CT molecular complexity index is 3470. The minimum atomic E-state index is -0.403. The molecule has 10 rings (SSSR count). The Labute approximate surface area is 434 Å². The summed E-state index contributed by atoms with van der Waals surface area (Å²) in [6, 6.07) is 64.0. The summed E-state index contributed by atoms with van der Waals surface area (Å²) in [5.74, 6) is 2.39. The van der Waals surface area contributed by atoms with E-state index >= 15 is 0 Å². The third-order valence-corrected chi connectivity index (χ3v) is 15.3. The molecule has 5 heteroatoms. The van der Waals surface area contributed by atoms with E-state index in [0.717, 1.165) is 45.2 Å². The monoisotopic (exact) mass is 961 g/mol. The van der Waals surface area contributed by atoms with Crippen LogP contribution in [0.25, 0.3) is 38.8 Å². The number of allylic oxidation sites excluding steroid dienone is 1. The summed E-state index contributed by atoms with van der Waals surface area (Å²) in [6.07, 6.45) is 4.32. The van der Waals surface area contributed by atoms with Gasteiger partial charge in [-0.2, -0.15) is 0 Å². The molecule has 0 bridgehead atoms. The number of hydrogen-bond acceptors (Lipinski definition) is 4. The molecule has 2 aromatic heterocycles. The third kappa shape index (κ3) is 9.47. The van der Waals surface area contributed by atoms with Gasteiger partial charge in [0.05, 0.1) is 17.7 Å². The molecule has 0 unspecified atom stereocenters. The van der Waals surface area contributed by atoms with Crippen molar-refractivity contribution in [1.82, 2.24) is 9.55 Å². The van der Waals surface area contributed by atoms with Gasteiger partial charge in [-0.25, -0.2) is 4.98 Å². The molecule has 1 aliphatic rings. The lowest BCUT2D eigenvalue weighted by atomic mass is 9.76. The molecule has 0 N–H and O–H groups in total. The van der Waals surface area contributed by atoms with Crippen molar-refractivity contribution in [2.24, 2.45) is 5.41 Å². The van der Waals surface area contributed by atoms with Crippen LogP contribution in [0.5, 0.6) is 11.5 Å². The highest BCUT2D eigenvalue weighted by molar-refractivity contribution is 6.12. The van der Waals surface area contributed by atoms with E-state index < -0.39 is 5.41 Å². The zero-order chi connectivity index (χ0) is 51.7. The van der Waals surface area contributed by atoms with Crippen LogP contribution in [0.4, 0.5) is 11.4 Å². The number of para-hydroxylation sites is 1. The van der Waals surface area contributed by atoms with E-state index in [1.54, 1.807) is 0 Å². The summed E-state index contributed by atoms with van der Waals surface area (Å²) >= 11 is 0. The maximum absolute atomic E-state index is 7.36. The molecule has 3 heterocycles. The Balaban J connectivity index is 1.15. The molecule has 0 saturated carbocycles. The molecular weight excluding hydrogens is 889 g/mol. The van der Waals surface area contributed by atoms with Crippen LogP contribution in [0.3, 0.4) is 0 Å². The number of ether oxygens (including phenoxy) is 1. The molecule has 7 aromatic carbocycles. The second kappa shape index (κ2) is 18.3. The zero-order valence-corrected chi connectivity index (χ0v) is 45.3. The minimum Gasteiger partial charge on any atom is -0.457 e. The fourth-order valence-electron chi connectivity index (χ4n) is 10.7. The number of rotatable bonds is 10. The molecular formula is C68H72N4O. The lowest BCUT2D eigenvalue weighted by Crippen LogP contribution is -2.31. The first-order valence-electron chi connectivity index (χ1n) is 26.0. The average Bonchev–Trinajstić information content (AvgIpc) is 3.98. The van der Waals surface area contributed by atoms with Gasteiger partial charge >= 0.3 is 0 Å². The van der Waals surface area contributed by atoms with E-state index in [-0.39, 0.29) is 21.7 Å². The van der Waals surface area contributed by atoms with E-state index in [2.05, 4.69) is 287 Å². The summed E-state index contributed by atoms with van der Waals surface area (Å²) in [4.78, 5) is 10.1. The number of pyridine rings is 1. The van der Waals surface area contributed by atoms with Gasteiger partial charge in [-0.1, -0.05) is 205 Å². The number of aromatic nitrogens is 2. The van der Waals surface area contributed by atoms with Crippen LogP contribution in [0.15, 0.2) is 194 Å². The van der Waals surface area contributed by atoms with E-state index in [1.807, 2.05) is 6.20 Å². The summed E-state index contributed by atoms with van der Waals surface area (Å²) in [5.41, 5.74) is 14.6. The Hall–Kier alpha value is -7.37. The van der Waals surface area contributed by atoms with Gasteiger partial charge in [-0.05, 0) is 104 Å². The van der Waals surface area contributed by atoms with Crippen molar-refractivity contribution in [3.63, 3.8) is 0 Å². The molecule has 5 nitrogen and oxygen atoms in total. The smallest absolute Gasteiger partial charge is 0.137 e. The van der Waals surface area contributed by atoms with Gasteiger partial charge in [-0.3, -0.25) is 4.57 Å². The minimum absolute atomic E-state index is 0.00925. The molecule has 0 saturated heterocycles. The van der Waals surface area contributed by atoms with Gasteiger partial charge < -0.3 is 14.5 Å². The first-order valence-corrected chi connectivity index (χ1v) is 26.0. The maximum atomic E-state index is 7.36. The Morgan fingerprint density at radius 1 is 0.438 bits per heavy atom. The number of hydrogen-bond donors (Lipinski definition) is 0. The van der Waals surface area contributed by atoms with Gasteiger partial charge in [0.15, 0.2) is 0 Å². The van der Waals surface area contributed by atoms with Crippen molar-refractivity contribution in [1.29, 1.82) is 0 Å². The van der Waals surface area contributed by atoms with Crippen molar-refractivity contribution in [3.05, 3.63) is 227 Å². The molecule has 0 amide bonds. The highest BCUT2D eigenvalue weighted by Crippen LogP contribution is 2.47. The van der Waals surface area contributed by atoms with Crippen molar-refractivity contribution >= 4 is 33.2 Å². The van der Waals surface area contributed by atoms with E-state index in [1.165, 1.54) is 55.5 Å². The Morgan fingerprint density at radius 2 is 1.01 bits per heavy atom. The number of fused-ring (bicyclic) bond motifs is 3. The molecule has 0 aliphatic carbocycles. The normalized spacial score (nSPS) is 13.8. The highest BCUT2D eigenvalue weighted by atomic mass is 16.5. The lowest BCUT2D eigenvalue weighted by Gasteiger charge is -2.34. The standard InChI is InChI=1S/C68H72N4O/c1-64(2,3)51-37-52(65(4,5)6)39-54(38-51)71-45-70(44-61(71)66(7,8)9)53-35-47(46-25-17-14-18-26-46)36-55(41-53)73-56-42-58(68(12,13)49-29-21-16-22-30-49)63-57-31-23-24-32-59(57)72(60(63)43-56)62-40-50(33-34-69-62)67(10,11)48-27-19-15-20-28-48/h14-44H,45H2,1-13H3. The Morgan fingerprint density at radius 3 is 1.63 bits per heavy atom. The molecule has 370 valence electrons. The average molecular weight is 961 g/mol. The quantitative estimate of drug-likeness (QED) is 0.137. The lowest BCUT2D eigenvalue weighted by molar-refractivity contribution is 0.481. The summed E-state index contributed by atoms with van der Waals surface area (Å²) in [5, 5.41) is 2.36. The van der Waals surface area contributed by atoms with Gasteiger partial charge in [0.25, 0.3) is 0 Å². The number of anilines is 2. The van der Waals surface area contributed by atoms with E-state index in [4.69, 9.17) is 9.72 Å². The summed E-state index contributed by atoms with van der Waals surface area (Å²) in [7, 11) is 0. The fraction of sp³-hybridized carbons (Fsp3) is 0.279. The predicted molar refractivity (Wildman–Crippen MR) is 309 cm³/mol. The van der Waals surface area contributed by atoms with Gasteiger partial charge in [-0.15, -0.1) is 0 Å². The van der Waals surface area contributed by atoms with Gasteiger partial charge in [0.2, 0.25) is 0 Å². The summed E-state index contributed by atoms with van der Waals surface area (Å²) < 4.78 is 9.70. The van der Waals surface area contributed by atoms with Crippen LogP contribution < -0.4 is 14.5 Å².